The first-order chi connectivity index (χ1) is 4.85. The first kappa shape index (κ1) is 10.4. The summed E-state index contributed by atoms with van der Waals surface area (Å²) in [7, 11) is 0. The second kappa shape index (κ2) is 7.47. The number of hydrogen-bond acceptors (Lipinski definition) is 4. The molecule has 0 saturated carbocycles. The van der Waals surface area contributed by atoms with E-state index >= 15 is 0 Å². The van der Waals surface area contributed by atoms with Crippen LogP contribution in [-0.2, 0) is 0 Å². The number of rotatable bonds is 5. The van der Waals surface area contributed by atoms with E-state index in [1.165, 1.54) is 0 Å². The van der Waals surface area contributed by atoms with Crippen LogP contribution in [0.2, 0.25) is 0 Å². The lowest BCUT2D eigenvalue weighted by molar-refractivity contribution is 0.640. The van der Waals surface area contributed by atoms with E-state index in [0.717, 1.165) is 24.9 Å². The third-order valence-electron chi connectivity index (χ3n) is 1.16. The zero-order valence-electron chi connectivity index (χ0n) is 5.86. The number of hydrogen-bond donors (Lipinski definition) is 2. The fraction of sp³-hybridized carbons (Fsp3) is 0.667. The standard InChI is InChI=1S/C6H12O2S2/c1-2-6(10-8)4-3-5-9-7/h3,5-8H,2,4H2,1H3/b5-3+. The lowest BCUT2D eigenvalue weighted by Gasteiger charge is -2.04. The van der Waals surface area contributed by atoms with Gasteiger partial charge in [-0.1, -0.05) is 13.0 Å². The summed E-state index contributed by atoms with van der Waals surface area (Å²) in [6, 6.07) is 0. The molecule has 0 radical (unpaired) electrons. The molecule has 2 N–H and O–H groups in total. The van der Waals surface area contributed by atoms with Crippen molar-refractivity contribution in [3.05, 3.63) is 11.5 Å². The van der Waals surface area contributed by atoms with Gasteiger partial charge in [-0.2, -0.15) is 0 Å². The summed E-state index contributed by atoms with van der Waals surface area (Å²) in [6.45, 7) is 2.02. The van der Waals surface area contributed by atoms with Crippen molar-refractivity contribution in [1.82, 2.24) is 0 Å². The summed E-state index contributed by atoms with van der Waals surface area (Å²) in [5.41, 5.74) is 0. The molecule has 0 amide bonds. The zero-order chi connectivity index (χ0) is 7.82. The molecule has 2 nitrogen and oxygen atoms in total. The summed E-state index contributed by atoms with van der Waals surface area (Å²) in [5.74, 6) is 0. The molecule has 10 heavy (non-hydrogen) atoms. The third kappa shape index (κ3) is 5.17. The van der Waals surface area contributed by atoms with Crippen molar-refractivity contribution in [3.8, 4) is 0 Å². The summed E-state index contributed by atoms with van der Waals surface area (Å²) >= 11 is 1.57. The van der Waals surface area contributed by atoms with Crippen LogP contribution in [0.15, 0.2) is 11.5 Å². The Morgan fingerprint density at radius 2 is 2.20 bits per heavy atom. The van der Waals surface area contributed by atoms with Crippen molar-refractivity contribution in [3.63, 3.8) is 0 Å². The highest BCUT2D eigenvalue weighted by Crippen LogP contribution is 2.14. The Hall–Kier alpha value is 0.360. The van der Waals surface area contributed by atoms with Gasteiger partial charge in [-0.15, -0.1) is 0 Å². The predicted molar refractivity (Wildman–Crippen MR) is 48.3 cm³/mol. The van der Waals surface area contributed by atoms with Gasteiger partial charge in [-0.25, -0.2) is 0 Å². The average molecular weight is 180 g/mol. The van der Waals surface area contributed by atoms with Crippen LogP contribution in [0.25, 0.3) is 0 Å². The van der Waals surface area contributed by atoms with Crippen LogP contribution >= 0.6 is 24.1 Å². The highest BCUT2D eigenvalue weighted by molar-refractivity contribution is 7.96. The Balaban J connectivity index is 3.34. The van der Waals surface area contributed by atoms with Crippen LogP contribution in [0, 0.1) is 0 Å². The van der Waals surface area contributed by atoms with Crippen molar-refractivity contribution in [2.24, 2.45) is 0 Å². The van der Waals surface area contributed by atoms with Crippen molar-refractivity contribution in [1.29, 1.82) is 0 Å². The first-order valence-electron chi connectivity index (χ1n) is 3.10. The topological polar surface area (TPSA) is 40.5 Å². The Kier molecular flexibility index (Phi) is 7.74. The summed E-state index contributed by atoms with van der Waals surface area (Å²) < 4.78 is 16.9. The number of allylic oxidation sites excluding steroid dienone is 1. The predicted octanol–water partition coefficient (Wildman–Crippen LogP) is 3.08. The molecule has 0 aromatic heterocycles. The van der Waals surface area contributed by atoms with Crippen LogP contribution in [0.4, 0.5) is 0 Å². The minimum atomic E-state index is 0.267. The van der Waals surface area contributed by atoms with Crippen LogP contribution in [0.3, 0.4) is 0 Å². The molecule has 0 spiro atoms. The average Bonchev–Trinajstić information content (AvgIpc) is 1.99. The molecule has 0 aromatic carbocycles. The highest BCUT2D eigenvalue weighted by Gasteiger charge is 2.01. The van der Waals surface area contributed by atoms with Crippen molar-refractivity contribution in [2.75, 3.05) is 0 Å². The van der Waals surface area contributed by atoms with Gasteiger partial charge in [0.2, 0.25) is 0 Å². The van der Waals surface area contributed by atoms with E-state index in [4.69, 9.17) is 9.11 Å². The van der Waals surface area contributed by atoms with E-state index in [0.29, 0.717) is 12.0 Å². The first-order valence-corrected chi connectivity index (χ1v) is 4.77. The van der Waals surface area contributed by atoms with Gasteiger partial charge in [0.1, 0.15) is 0 Å². The monoisotopic (exact) mass is 180 g/mol. The Labute approximate surface area is 70.1 Å². The second-order valence-electron chi connectivity index (χ2n) is 1.85. The van der Waals surface area contributed by atoms with Crippen LogP contribution in [0.1, 0.15) is 19.8 Å². The molecule has 1 atom stereocenters. The largest absolute Gasteiger partial charge is 0.330 e. The quantitative estimate of drug-likeness (QED) is 0.638. The summed E-state index contributed by atoms with van der Waals surface area (Å²) in [4.78, 5) is 0. The van der Waals surface area contributed by atoms with Crippen molar-refractivity contribution >= 4 is 24.1 Å². The van der Waals surface area contributed by atoms with Crippen LogP contribution in [0.5, 0.6) is 0 Å². The smallest absolute Gasteiger partial charge is 0.0340 e. The van der Waals surface area contributed by atoms with Gasteiger partial charge in [0.05, 0.1) is 0 Å². The van der Waals surface area contributed by atoms with Gasteiger partial charge < -0.3 is 9.11 Å². The maximum absolute atomic E-state index is 8.64. The zero-order valence-corrected chi connectivity index (χ0v) is 7.49. The molecule has 4 heteroatoms. The molecule has 0 heterocycles. The molecule has 0 bridgehead atoms. The van der Waals surface area contributed by atoms with E-state index in [9.17, 15) is 0 Å². The van der Waals surface area contributed by atoms with E-state index in [1.54, 1.807) is 5.41 Å². The molecule has 0 aliphatic heterocycles. The van der Waals surface area contributed by atoms with Crippen molar-refractivity contribution in [2.45, 2.75) is 25.0 Å². The van der Waals surface area contributed by atoms with Gasteiger partial charge in [-0.05, 0) is 30.3 Å². The Morgan fingerprint density at radius 1 is 1.50 bits per heavy atom. The van der Waals surface area contributed by atoms with Crippen LogP contribution < -0.4 is 0 Å². The van der Waals surface area contributed by atoms with Crippen LogP contribution in [-0.4, -0.2) is 14.4 Å². The maximum atomic E-state index is 8.64. The fourth-order valence-corrected chi connectivity index (χ4v) is 1.08. The molecule has 60 valence electrons. The third-order valence-corrected chi connectivity index (χ3v) is 2.30. The van der Waals surface area contributed by atoms with Gasteiger partial charge in [0, 0.05) is 17.3 Å². The van der Waals surface area contributed by atoms with Gasteiger partial charge in [-0.3, -0.25) is 0 Å². The van der Waals surface area contributed by atoms with E-state index < -0.39 is 0 Å². The lowest BCUT2D eigenvalue weighted by atomic mass is 10.2. The summed E-state index contributed by atoms with van der Waals surface area (Å²) in [6.07, 6.45) is 3.61. The van der Waals surface area contributed by atoms with Gasteiger partial charge in [0.25, 0.3) is 0 Å². The minimum Gasteiger partial charge on any atom is -0.330 e. The molecular weight excluding hydrogens is 168 g/mol. The maximum Gasteiger partial charge on any atom is 0.0340 e. The van der Waals surface area contributed by atoms with E-state index in [-0.39, 0.29) is 5.25 Å². The van der Waals surface area contributed by atoms with Crippen molar-refractivity contribution < 1.29 is 9.11 Å². The molecule has 0 aliphatic carbocycles. The van der Waals surface area contributed by atoms with E-state index in [2.05, 4.69) is 0 Å². The minimum absolute atomic E-state index is 0.267. The molecule has 0 rings (SSSR count). The Morgan fingerprint density at radius 3 is 2.60 bits per heavy atom. The SMILES string of the molecule is CCC(C/C=C/SO)SO. The van der Waals surface area contributed by atoms with Gasteiger partial charge >= 0.3 is 0 Å². The summed E-state index contributed by atoms with van der Waals surface area (Å²) in [5, 5.41) is 1.88. The molecule has 0 fully saturated rings. The Bertz CT molecular complexity index is 91.7. The van der Waals surface area contributed by atoms with Gasteiger partial charge in [0.15, 0.2) is 0 Å². The normalized spacial score (nSPS) is 14.3. The fourth-order valence-electron chi connectivity index (χ4n) is 0.535. The second-order valence-corrected chi connectivity index (χ2v) is 3.21. The molecule has 0 saturated heterocycles. The molecule has 0 aromatic rings. The molecular formula is C6H12O2S2. The van der Waals surface area contributed by atoms with E-state index in [1.807, 2.05) is 13.0 Å². The molecule has 1 unspecified atom stereocenters. The lowest BCUT2D eigenvalue weighted by Crippen LogP contribution is -1.96. The highest BCUT2D eigenvalue weighted by atomic mass is 32.2. The molecule has 0 aliphatic rings.